The number of terminal acetylenes is 1. The molecule has 0 aliphatic carbocycles. The van der Waals surface area contributed by atoms with E-state index in [1.54, 1.807) is 0 Å². The second kappa shape index (κ2) is 5.34. The van der Waals surface area contributed by atoms with Gasteiger partial charge in [0.1, 0.15) is 0 Å². The van der Waals surface area contributed by atoms with Crippen LogP contribution in [0.2, 0.25) is 0 Å². The summed E-state index contributed by atoms with van der Waals surface area (Å²) >= 11 is 0. The third kappa shape index (κ3) is 2.42. The molecular formula is C15H15N. The van der Waals surface area contributed by atoms with E-state index in [2.05, 4.69) is 53.7 Å². The van der Waals surface area contributed by atoms with Crippen molar-refractivity contribution in [2.75, 3.05) is 6.54 Å². The summed E-state index contributed by atoms with van der Waals surface area (Å²) in [5.41, 5.74) is 1.33. The minimum absolute atomic E-state index is 0.783. The Morgan fingerprint density at radius 2 is 1.88 bits per heavy atom. The second-order valence-corrected chi connectivity index (χ2v) is 3.77. The van der Waals surface area contributed by atoms with Crippen molar-refractivity contribution in [2.45, 2.75) is 13.0 Å². The molecule has 0 aromatic heterocycles. The molecule has 80 valence electrons. The van der Waals surface area contributed by atoms with Gasteiger partial charge in [-0.1, -0.05) is 42.5 Å². The van der Waals surface area contributed by atoms with Crippen molar-refractivity contribution in [3.05, 3.63) is 48.0 Å². The zero-order valence-corrected chi connectivity index (χ0v) is 9.24. The van der Waals surface area contributed by atoms with Crippen molar-refractivity contribution < 1.29 is 0 Å². The van der Waals surface area contributed by atoms with E-state index in [0.717, 1.165) is 19.5 Å². The number of rotatable bonds is 4. The fourth-order valence-electron chi connectivity index (χ4n) is 1.83. The van der Waals surface area contributed by atoms with Gasteiger partial charge in [0.15, 0.2) is 0 Å². The summed E-state index contributed by atoms with van der Waals surface area (Å²) in [5.74, 6) is 2.63. The Hall–Kier alpha value is -1.78. The van der Waals surface area contributed by atoms with Crippen LogP contribution in [-0.2, 0) is 6.54 Å². The van der Waals surface area contributed by atoms with Crippen LogP contribution in [0.3, 0.4) is 0 Å². The molecule has 2 aromatic rings. The molecule has 1 nitrogen and oxygen atoms in total. The number of hydrogen-bond acceptors (Lipinski definition) is 1. The molecule has 0 aliphatic rings. The van der Waals surface area contributed by atoms with Gasteiger partial charge in [-0.15, -0.1) is 12.3 Å². The predicted octanol–water partition coefficient (Wildman–Crippen LogP) is 2.95. The van der Waals surface area contributed by atoms with E-state index in [-0.39, 0.29) is 0 Å². The van der Waals surface area contributed by atoms with Gasteiger partial charge in [0.05, 0.1) is 0 Å². The van der Waals surface area contributed by atoms with Gasteiger partial charge >= 0.3 is 0 Å². The number of fused-ring (bicyclic) bond motifs is 1. The molecule has 2 aromatic carbocycles. The SMILES string of the molecule is C#CCCNCc1cccc2ccccc12. The van der Waals surface area contributed by atoms with Crippen LogP contribution >= 0.6 is 0 Å². The maximum absolute atomic E-state index is 5.21. The standard InChI is InChI=1S/C15H15N/c1-2-3-11-16-12-14-9-6-8-13-7-4-5-10-15(13)14/h1,4-10,16H,3,11-12H2. The van der Waals surface area contributed by atoms with Crippen LogP contribution in [0.15, 0.2) is 42.5 Å². The third-order valence-electron chi connectivity index (χ3n) is 2.64. The smallest absolute Gasteiger partial charge is 0.0212 e. The zero-order chi connectivity index (χ0) is 11.2. The number of hydrogen-bond donors (Lipinski definition) is 1. The van der Waals surface area contributed by atoms with Gasteiger partial charge in [0, 0.05) is 19.5 Å². The summed E-state index contributed by atoms with van der Waals surface area (Å²) in [4.78, 5) is 0. The van der Waals surface area contributed by atoms with Crippen LogP contribution in [-0.4, -0.2) is 6.54 Å². The average molecular weight is 209 g/mol. The maximum Gasteiger partial charge on any atom is 0.0212 e. The molecule has 0 saturated carbocycles. The monoisotopic (exact) mass is 209 g/mol. The van der Waals surface area contributed by atoms with Gasteiger partial charge < -0.3 is 5.32 Å². The molecule has 0 saturated heterocycles. The van der Waals surface area contributed by atoms with Crippen LogP contribution in [0, 0.1) is 12.3 Å². The normalized spacial score (nSPS) is 10.2. The molecule has 1 heteroatoms. The highest BCUT2D eigenvalue weighted by Gasteiger charge is 1.98. The molecule has 16 heavy (non-hydrogen) atoms. The van der Waals surface area contributed by atoms with Crippen LogP contribution in [0.25, 0.3) is 10.8 Å². The summed E-state index contributed by atoms with van der Waals surface area (Å²) in [6.07, 6.45) is 5.99. The molecule has 0 unspecified atom stereocenters. The fraction of sp³-hybridized carbons (Fsp3) is 0.200. The molecule has 0 heterocycles. The lowest BCUT2D eigenvalue weighted by Crippen LogP contribution is -2.14. The highest BCUT2D eigenvalue weighted by molar-refractivity contribution is 5.85. The first kappa shape index (κ1) is 10.7. The Morgan fingerprint density at radius 3 is 2.75 bits per heavy atom. The van der Waals surface area contributed by atoms with Crippen molar-refractivity contribution in [1.82, 2.24) is 5.32 Å². The molecule has 0 aliphatic heterocycles. The summed E-state index contributed by atoms with van der Waals surface area (Å²) in [5, 5.41) is 5.96. The van der Waals surface area contributed by atoms with Crippen molar-refractivity contribution >= 4 is 10.8 Å². The second-order valence-electron chi connectivity index (χ2n) is 3.77. The highest BCUT2D eigenvalue weighted by atomic mass is 14.8. The van der Waals surface area contributed by atoms with Gasteiger partial charge in [0.25, 0.3) is 0 Å². The van der Waals surface area contributed by atoms with Crippen LogP contribution in [0.5, 0.6) is 0 Å². The lowest BCUT2D eigenvalue weighted by atomic mass is 10.0. The summed E-state index contributed by atoms with van der Waals surface area (Å²) < 4.78 is 0. The molecule has 1 N–H and O–H groups in total. The lowest BCUT2D eigenvalue weighted by Gasteiger charge is -2.07. The van der Waals surface area contributed by atoms with Gasteiger partial charge in [-0.2, -0.15) is 0 Å². The third-order valence-corrected chi connectivity index (χ3v) is 2.64. The summed E-state index contributed by atoms with van der Waals surface area (Å²) in [7, 11) is 0. The fourth-order valence-corrected chi connectivity index (χ4v) is 1.83. The first-order valence-corrected chi connectivity index (χ1v) is 5.52. The summed E-state index contributed by atoms with van der Waals surface area (Å²) in [6, 6.07) is 14.8. The maximum atomic E-state index is 5.21. The molecule has 0 amide bonds. The van der Waals surface area contributed by atoms with E-state index in [9.17, 15) is 0 Å². The van der Waals surface area contributed by atoms with Crippen molar-refractivity contribution in [3.8, 4) is 12.3 Å². The predicted molar refractivity (Wildman–Crippen MR) is 69.1 cm³/mol. The van der Waals surface area contributed by atoms with E-state index in [0.29, 0.717) is 0 Å². The molecule has 0 atom stereocenters. The van der Waals surface area contributed by atoms with Crippen LogP contribution < -0.4 is 5.32 Å². The van der Waals surface area contributed by atoms with Crippen molar-refractivity contribution in [2.24, 2.45) is 0 Å². The topological polar surface area (TPSA) is 12.0 Å². The Labute approximate surface area is 96.5 Å². The van der Waals surface area contributed by atoms with E-state index in [1.807, 2.05) is 0 Å². The summed E-state index contributed by atoms with van der Waals surface area (Å²) in [6.45, 7) is 1.75. The number of nitrogens with one attached hydrogen (secondary N) is 1. The Morgan fingerprint density at radius 1 is 1.06 bits per heavy atom. The van der Waals surface area contributed by atoms with Gasteiger partial charge in [-0.05, 0) is 16.3 Å². The molecule has 0 radical (unpaired) electrons. The van der Waals surface area contributed by atoms with Gasteiger partial charge in [-0.25, -0.2) is 0 Å². The minimum atomic E-state index is 0.783. The average Bonchev–Trinajstić information content (AvgIpc) is 2.35. The van der Waals surface area contributed by atoms with E-state index in [4.69, 9.17) is 6.42 Å². The molecule has 2 rings (SSSR count). The van der Waals surface area contributed by atoms with Gasteiger partial charge in [-0.3, -0.25) is 0 Å². The largest absolute Gasteiger partial charge is 0.312 e. The quantitative estimate of drug-likeness (QED) is 0.603. The van der Waals surface area contributed by atoms with E-state index < -0.39 is 0 Å². The molecule has 0 bridgehead atoms. The highest BCUT2D eigenvalue weighted by Crippen LogP contribution is 2.17. The van der Waals surface area contributed by atoms with Gasteiger partial charge in [0.2, 0.25) is 0 Å². The molecule has 0 spiro atoms. The van der Waals surface area contributed by atoms with Crippen molar-refractivity contribution in [1.29, 1.82) is 0 Å². The van der Waals surface area contributed by atoms with Crippen LogP contribution in [0.1, 0.15) is 12.0 Å². The Kier molecular flexibility index (Phi) is 3.58. The Bertz CT molecular complexity index is 503. The van der Waals surface area contributed by atoms with Crippen LogP contribution in [0.4, 0.5) is 0 Å². The number of benzene rings is 2. The molecule has 0 fully saturated rings. The lowest BCUT2D eigenvalue weighted by molar-refractivity contribution is 0.704. The molecular weight excluding hydrogens is 194 g/mol. The first-order chi connectivity index (χ1) is 7.92. The van der Waals surface area contributed by atoms with E-state index in [1.165, 1.54) is 16.3 Å². The van der Waals surface area contributed by atoms with E-state index >= 15 is 0 Å². The van der Waals surface area contributed by atoms with Crippen molar-refractivity contribution in [3.63, 3.8) is 0 Å². The minimum Gasteiger partial charge on any atom is -0.312 e. The zero-order valence-electron chi connectivity index (χ0n) is 9.24. The Balaban J connectivity index is 2.15. The first-order valence-electron chi connectivity index (χ1n) is 5.52.